The van der Waals surface area contributed by atoms with Gasteiger partial charge in [0.2, 0.25) is 5.91 Å². The zero-order valence-corrected chi connectivity index (χ0v) is 17.8. The quantitative estimate of drug-likeness (QED) is 0.394. The van der Waals surface area contributed by atoms with Crippen LogP contribution in [-0.2, 0) is 4.79 Å². The van der Waals surface area contributed by atoms with E-state index in [1.807, 2.05) is 72.8 Å². The first-order valence-electron chi connectivity index (χ1n) is 10.4. The molecule has 0 aliphatic heterocycles. The smallest absolute Gasteiger partial charge is 0.234 e. The molecule has 1 heterocycles. The Balaban J connectivity index is 1.25. The Morgan fingerprint density at radius 1 is 0.871 bits per heavy atom. The number of nitrogens with zero attached hydrogens (tertiary/aromatic N) is 3. The Kier molecular flexibility index (Phi) is 5.54. The summed E-state index contributed by atoms with van der Waals surface area (Å²) in [4.78, 5) is 12.6. The van der Waals surface area contributed by atoms with E-state index in [1.54, 1.807) is 0 Å². The van der Waals surface area contributed by atoms with Crippen molar-refractivity contribution in [3.8, 4) is 16.8 Å². The van der Waals surface area contributed by atoms with Crippen molar-refractivity contribution in [1.82, 2.24) is 14.8 Å². The standard InChI is InChI=1S/C25H22N4OS/c30-23(26-21-15-13-19(14-16-21)18-7-3-1-4-8-18)17-31-25-28-27-24(20-11-12-20)29(25)22-9-5-2-6-10-22/h1-10,13-16,20H,11-12,17H2,(H,26,30). The molecule has 0 saturated heterocycles. The molecule has 0 spiro atoms. The van der Waals surface area contributed by atoms with Crippen LogP contribution in [0.3, 0.4) is 0 Å². The lowest BCUT2D eigenvalue weighted by Gasteiger charge is -2.10. The largest absolute Gasteiger partial charge is 0.325 e. The van der Waals surface area contributed by atoms with E-state index in [0.29, 0.717) is 5.92 Å². The van der Waals surface area contributed by atoms with Crippen molar-refractivity contribution in [1.29, 1.82) is 0 Å². The van der Waals surface area contributed by atoms with Gasteiger partial charge in [-0.25, -0.2) is 0 Å². The average Bonchev–Trinajstić information content (AvgIpc) is 3.58. The minimum Gasteiger partial charge on any atom is -0.325 e. The van der Waals surface area contributed by atoms with Crippen molar-refractivity contribution in [3.63, 3.8) is 0 Å². The highest BCUT2D eigenvalue weighted by atomic mass is 32.2. The number of carbonyl (C=O) groups is 1. The van der Waals surface area contributed by atoms with Gasteiger partial charge in [0.05, 0.1) is 5.75 Å². The van der Waals surface area contributed by atoms with E-state index in [4.69, 9.17) is 0 Å². The van der Waals surface area contributed by atoms with E-state index in [9.17, 15) is 4.79 Å². The molecule has 1 aliphatic rings. The fourth-order valence-electron chi connectivity index (χ4n) is 3.50. The number of nitrogens with one attached hydrogen (secondary N) is 1. The molecule has 4 aromatic rings. The van der Waals surface area contributed by atoms with Crippen molar-refractivity contribution in [2.45, 2.75) is 23.9 Å². The van der Waals surface area contributed by atoms with Gasteiger partial charge in [0.25, 0.3) is 0 Å². The van der Waals surface area contributed by atoms with Crippen molar-refractivity contribution in [3.05, 3.63) is 90.8 Å². The molecular weight excluding hydrogens is 404 g/mol. The van der Waals surface area contributed by atoms with E-state index in [1.165, 1.54) is 11.8 Å². The molecule has 1 amide bonds. The minimum absolute atomic E-state index is 0.0620. The molecule has 1 saturated carbocycles. The van der Waals surface area contributed by atoms with Crippen LogP contribution in [0.25, 0.3) is 16.8 Å². The number of carbonyl (C=O) groups excluding carboxylic acids is 1. The van der Waals surface area contributed by atoms with Crippen LogP contribution in [-0.4, -0.2) is 26.4 Å². The summed E-state index contributed by atoms with van der Waals surface area (Å²) in [6.07, 6.45) is 2.30. The molecule has 1 aliphatic carbocycles. The summed E-state index contributed by atoms with van der Waals surface area (Å²) in [7, 11) is 0. The predicted molar refractivity (Wildman–Crippen MR) is 125 cm³/mol. The van der Waals surface area contributed by atoms with Gasteiger partial charge in [-0.1, -0.05) is 72.4 Å². The summed E-state index contributed by atoms with van der Waals surface area (Å²) in [5.74, 6) is 1.67. The molecule has 3 aromatic carbocycles. The summed E-state index contributed by atoms with van der Waals surface area (Å²) >= 11 is 1.41. The lowest BCUT2D eigenvalue weighted by molar-refractivity contribution is -0.113. The number of para-hydroxylation sites is 1. The lowest BCUT2D eigenvalue weighted by Crippen LogP contribution is -2.14. The molecule has 0 radical (unpaired) electrons. The van der Waals surface area contributed by atoms with Gasteiger partial charge in [-0.05, 0) is 48.2 Å². The lowest BCUT2D eigenvalue weighted by atomic mass is 10.1. The minimum atomic E-state index is -0.0620. The maximum absolute atomic E-state index is 12.6. The van der Waals surface area contributed by atoms with Crippen LogP contribution in [0.2, 0.25) is 0 Å². The Labute approximate surface area is 185 Å². The highest BCUT2D eigenvalue weighted by Gasteiger charge is 2.31. The number of benzene rings is 3. The Bertz CT molecular complexity index is 1170. The number of amides is 1. The van der Waals surface area contributed by atoms with Gasteiger partial charge in [0, 0.05) is 17.3 Å². The second kappa shape index (κ2) is 8.78. The molecule has 0 bridgehead atoms. The van der Waals surface area contributed by atoms with E-state index >= 15 is 0 Å². The van der Waals surface area contributed by atoms with E-state index < -0.39 is 0 Å². The number of hydrogen-bond acceptors (Lipinski definition) is 4. The SMILES string of the molecule is O=C(CSc1nnc(C2CC2)n1-c1ccccc1)Nc1ccc(-c2ccccc2)cc1. The van der Waals surface area contributed by atoms with Crippen LogP contribution >= 0.6 is 11.8 Å². The molecule has 5 nitrogen and oxygen atoms in total. The monoisotopic (exact) mass is 426 g/mol. The summed E-state index contributed by atoms with van der Waals surface area (Å²) in [5, 5.41) is 12.5. The van der Waals surface area contributed by atoms with Crippen LogP contribution in [0.4, 0.5) is 5.69 Å². The third kappa shape index (κ3) is 4.54. The first-order chi connectivity index (χ1) is 15.3. The van der Waals surface area contributed by atoms with Gasteiger partial charge in [-0.15, -0.1) is 10.2 Å². The van der Waals surface area contributed by atoms with Crippen molar-refractivity contribution in [2.75, 3.05) is 11.1 Å². The molecule has 31 heavy (non-hydrogen) atoms. The molecular formula is C25H22N4OS. The van der Waals surface area contributed by atoms with Crippen LogP contribution in [0.5, 0.6) is 0 Å². The van der Waals surface area contributed by atoms with Gasteiger partial charge in [-0.3, -0.25) is 9.36 Å². The summed E-state index contributed by atoms with van der Waals surface area (Å²) in [5.41, 5.74) is 4.10. The highest BCUT2D eigenvalue weighted by molar-refractivity contribution is 7.99. The van der Waals surface area contributed by atoms with E-state index in [2.05, 4.69) is 32.2 Å². The second-order valence-corrected chi connectivity index (χ2v) is 8.51. The van der Waals surface area contributed by atoms with Gasteiger partial charge in [0.15, 0.2) is 5.16 Å². The molecule has 0 atom stereocenters. The maximum atomic E-state index is 12.6. The van der Waals surface area contributed by atoms with Crippen LogP contribution in [0.15, 0.2) is 90.1 Å². The van der Waals surface area contributed by atoms with Crippen LogP contribution in [0.1, 0.15) is 24.6 Å². The number of hydrogen-bond donors (Lipinski definition) is 1. The fourth-order valence-corrected chi connectivity index (χ4v) is 4.26. The van der Waals surface area contributed by atoms with Gasteiger partial charge >= 0.3 is 0 Å². The number of aromatic nitrogens is 3. The van der Waals surface area contributed by atoms with Crippen LogP contribution < -0.4 is 5.32 Å². The fraction of sp³-hybridized carbons (Fsp3) is 0.160. The van der Waals surface area contributed by atoms with Crippen molar-refractivity contribution < 1.29 is 4.79 Å². The van der Waals surface area contributed by atoms with Gasteiger partial charge in [0.1, 0.15) is 5.82 Å². The molecule has 154 valence electrons. The first kappa shape index (κ1) is 19.6. The zero-order chi connectivity index (χ0) is 21.0. The Morgan fingerprint density at radius 3 is 2.19 bits per heavy atom. The number of anilines is 1. The molecule has 1 N–H and O–H groups in total. The highest BCUT2D eigenvalue weighted by Crippen LogP contribution is 2.41. The third-order valence-electron chi connectivity index (χ3n) is 5.22. The maximum Gasteiger partial charge on any atom is 0.234 e. The summed E-state index contributed by atoms with van der Waals surface area (Å²) in [6, 6.07) is 28.2. The molecule has 6 heteroatoms. The van der Waals surface area contributed by atoms with E-state index in [0.717, 1.165) is 46.3 Å². The Hall–Kier alpha value is -3.38. The summed E-state index contributed by atoms with van der Waals surface area (Å²) in [6.45, 7) is 0. The molecule has 1 fully saturated rings. The van der Waals surface area contributed by atoms with Crippen molar-refractivity contribution >= 4 is 23.4 Å². The normalized spacial score (nSPS) is 13.2. The number of rotatable bonds is 7. The Morgan fingerprint density at radius 2 is 1.52 bits per heavy atom. The topological polar surface area (TPSA) is 59.8 Å². The molecule has 0 unspecified atom stereocenters. The van der Waals surface area contributed by atoms with Gasteiger partial charge in [-0.2, -0.15) is 0 Å². The van der Waals surface area contributed by atoms with Gasteiger partial charge < -0.3 is 5.32 Å². The van der Waals surface area contributed by atoms with Crippen molar-refractivity contribution in [2.24, 2.45) is 0 Å². The summed E-state index contributed by atoms with van der Waals surface area (Å²) < 4.78 is 2.09. The van der Waals surface area contributed by atoms with E-state index in [-0.39, 0.29) is 11.7 Å². The third-order valence-corrected chi connectivity index (χ3v) is 6.15. The molecule has 5 rings (SSSR count). The van der Waals surface area contributed by atoms with Crippen LogP contribution in [0, 0.1) is 0 Å². The first-order valence-corrected chi connectivity index (χ1v) is 11.4. The average molecular weight is 427 g/mol. The zero-order valence-electron chi connectivity index (χ0n) is 16.9. The predicted octanol–water partition coefficient (Wildman–Crippen LogP) is 5.54. The number of thioether (sulfide) groups is 1. The second-order valence-electron chi connectivity index (χ2n) is 7.57. The molecule has 1 aromatic heterocycles.